The molecule has 1 aromatic carbocycles. The van der Waals surface area contributed by atoms with Gasteiger partial charge in [-0.1, -0.05) is 15.9 Å². The van der Waals surface area contributed by atoms with Crippen LogP contribution in [0.15, 0.2) is 27.6 Å². The van der Waals surface area contributed by atoms with E-state index in [0.29, 0.717) is 4.47 Å². The molecule has 0 radical (unpaired) electrons. The zero-order valence-corrected chi connectivity index (χ0v) is 10.8. The van der Waals surface area contributed by atoms with Crippen LogP contribution in [0.4, 0.5) is 4.39 Å². The third-order valence-corrected chi connectivity index (χ3v) is 3.93. The van der Waals surface area contributed by atoms with Crippen LogP contribution in [0.3, 0.4) is 0 Å². The van der Waals surface area contributed by atoms with E-state index in [4.69, 9.17) is 5.11 Å². The molecule has 4 nitrogen and oxygen atoms in total. The minimum absolute atomic E-state index is 0.350. The fourth-order valence-electron chi connectivity index (χ4n) is 1.06. The predicted octanol–water partition coefficient (Wildman–Crippen LogP) is 1.25. The Morgan fingerprint density at radius 3 is 2.69 bits per heavy atom. The molecule has 0 heterocycles. The second-order valence-corrected chi connectivity index (χ2v) is 5.88. The van der Waals surface area contributed by atoms with Gasteiger partial charge < -0.3 is 5.11 Å². The summed E-state index contributed by atoms with van der Waals surface area (Å²) in [4.78, 5) is -0.434. The molecule has 0 aliphatic rings. The lowest BCUT2D eigenvalue weighted by Crippen LogP contribution is -2.35. The van der Waals surface area contributed by atoms with Crippen LogP contribution in [0.5, 0.6) is 0 Å². The SMILES string of the molecule is C[C@@H](CO)NS(=O)(=O)c1ccc(Br)cc1F. The normalized spacial score (nSPS) is 13.8. The van der Waals surface area contributed by atoms with Crippen molar-refractivity contribution >= 4 is 26.0 Å². The van der Waals surface area contributed by atoms with Crippen molar-refractivity contribution in [2.75, 3.05) is 6.61 Å². The van der Waals surface area contributed by atoms with E-state index in [9.17, 15) is 12.8 Å². The van der Waals surface area contributed by atoms with Crippen LogP contribution in [-0.2, 0) is 10.0 Å². The highest BCUT2D eigenvalue weighted by Crippen LogP contribution is 2.19. The zero-order valence-electron chi connectivity index (χ0n) is 8.44. The molecular weight excluding hydrogens is 301 g/mol. The summed E-state index contributed by atoms with van der Waals surface area (Å²) in [5.41, 5.74) is 0. The van der Waals surface area contributed by atoms with Gasteiger partial charge in [-0.05, 0) is 25.1 Å². The first-order chi connectivity index (χ1) is 7.36. The number of benzene rings is 1. The molecule has 16 heavy (non-hydrogen) atoms. The van der Waals surface area contributed by atoms with Gasteiger partial charge in [-0.15, -0.1) is 0 Å². The molecule has 1 rings (SSSR count). The first-order valence-electron chi connectivity index (χ1n) is 4.45. The number of halogens is 2. The van der Waals surface area contributed by atoms with Crippen molar-refractivity contribution in [3.05, 3.63) is 28.5 Å². The highest BCUT2D eigenvalue weighted by Gasteiger charge is 2.20. The van der Waals surface area contributed by atoms with Crippen LogP contribution in [0.1, 0.15) is 6.92 Å². The molecule has 1 aromatic rings. The Labute approximate surface area is 102 Å². The average Bonchev–Trinajstić information content (AvgIpc) is 2.16. The molecule has 7 heteroatoms. The first-order valence-corrected chi connectivity index (χ1v) is 6.72. The van der Waals surface area contributed by atoms with E-state index in [0.717, 1.165) is 12.1 Å². The molecule has 1 atom stereocenters. The maximum atomic E-state index is 13.4. The lowest BCUT2D eigenvalue weighted by Gasteiger charge is -2.12. The Hall–Kier alpha value is -0.500. The van der Waals surface area contributed by atoms with Crippen LogP contribution in [0.25, 0.3) is 0 Å². The summed E-state index contributed by atoms with van der Waals surface area (Å²) in [6.07, 6.45) is 0. The summed E-state index contributed by atoms with van der Waals surface area (Å²) in [5, 5.41) is 8.73. The first kappa shape index (κ1) is 13.6. The van der Waals surface area contributed by atoms with Gasteiger partial charge in [0.15, 0.2) is 0 Å². The summed E-state index contributed by atoms with van der Waals surface area (Å²) < 4.78 is 39.3. The van der Waals surface area contributed by atoms with E-state index in [1.54, 1.807) is 0 Å². The van der Waals surface area contributed by atoms with Crippen LogP contribution < -0.4 is 4.72 Å². The monoisotopic (exact) mass is 311 g/mol. The number of nitrogens with one attached hydrogen (secondary N) is 1. The molecular formula is C9H11BrFNO3S. The topological polar surface area (TPSA) is 66.4 Å². The van der Waals surface area contributed by atoms with Gasteiger partial charge in [0.05, 0.1) is 6.61 Å². The van der Waals surface area contributed by atoms with E-state index in [-0.39, 0.29) is 6.61 Å². The molecule has 90 valence electrons. The van der Waals surface area contributed by atoms with Gasteiger partial charge in [0.2, 0.25) is 10.0 Å². The molecule has 0 bridgehead atoms. The predicted molar refractivity (Wildman–Crippen MR) is 61.0 cm³/mol. The number of aliphatic hydroxyl groups excluding tert-OH is 1. The minimum Gasteiger partial charge on any atom is -0.395 e. The molecule has 0 unspecified atom stereocenters. The van der Waals surface area contributed by atoms with Gasteiger partial charge in [-0.25, -0.2) is 17.5 Å². The van der Waals surface area contributed by atoms with Crippen molar-refractivity contribution in [1.82, 2.24) is 4.72 Å². The molecule has 0 aromatic heterocycles. The minimum atomic E-state index is -3.92. The zero-order chi connectivity index (χ0) is 12.3. The van der Waals surface area contributed by atoms with Crippen LogP contribution >= 0.6 is 15.9 Å². The van der Waals surface area contributed by atoms with Crippen molar-refractivity contribution < 1.29 is 17.9 Å². The lowest BCUT2D eigenvalue weighted by atomic mass is 10.3. The molecule has 2 N–H and O–H groups in total. The second-order valence-electron chi connectivity index (χ2n) is 3.28. The number of hydrogen-bond donors (Lipinski definition) is 2. The van der Waals surface area contributed by atoms with Crippen molar-refractivity contribution in [2.24, 2.45) is 0 Å². The number of aliphatic hydroxyl groups is 1. The Morgan fingerprint density at radius 2 is 2.19 bits per heavy atom. The van der Waals surface area contributed by atoms with Crippen LogP contribution in [0.2, 0.25) is 0 Å². The average molecular weight is 312 g/mol. The molecule has 0 saturated carbocycles. The van der Waals surface area contributed by atoms with Crippen molar-refractivity contribution in [3.63, 3.8) is 0 Å². The molecule has 0 fully saturated rings. The highest BCUT2D eigenvalue weighted by molar-refractivity contribution is 9.10. The van der Waals surface area contributed by atoms with E-state index >= 15 is 0 Å². The van der Waals surface area contributed by atoms with Gasteiger partial charge in [-0.2, -0.15) is 0 Å². The summed E-state index contributed by atoms with van der Waals surface area (Å²) in [6.45, 7) is 1.13. The highest BCUT2D eigenvalue weighted by atomic mass is 79.9. The van der Waals surface area contributed by atoms with Gasteiger partial charge in [0.25, 0.3) is 0 Å². The largest absolute Gasteiger partial charge is 0.395 e. The quantitative estimate of drug-likeness (QED) is 0.879. The molecule has 0 saturated heterocycles. The standard InChI is InChI=1S/C9H11BrFNO3S/c1-6(5-13)12-16(14,15)9-3-2-7(10)4-8(9)11/h2-4,6,12-13H,5H2,1H3/t6-/m0/s1. The van der Waals surface area contributed by atoms with E-state index < -0.39 is 26.8 Å². The Balaban J connectivity index is 3.08. The molecule has 0 spiro atoms. The van der Waals surface area contributed by atoms with Crippen molar-refractivity contribution in [3.8, 4) is 0 Å². The lowest BCUT2D eigenvalue weighted by molar-refractivity contribution is 0.265. The van der Waals surface area contributed by atoms with Gasteiger partial charge in [0.1, 0.15) is 10.7 Å². The Bertz CT molecular complexity index is 478. The van der Waals surface area contributed by atoms with E-state index in [1.807, 2.05) is 0 Å². The van der Waals surface area contributed by atoms with E-state index in [1.165, 1.54) is 13.0 Å². The Kier molecular flexibility index (Phi) is 4.43. The number of rotatable bonds is 4. The van der Waals surface area contributed by atoms with Gasteiger partial charge >= 0.3 is 0 Å². The Morgan fingerprint density at radius 1 is 1.56 bits per heavy atom. The fraction of sp³-hybridized carbons (Fsp3) is 0.333. The second kappa shape index (κ2) is 5.22. The number of hydrogen-bond acceptors (Lipinski definition) is 3. The smallest absolute Gasteiger partial charge is 0.243 e. The van der Waals surface area contributed by atoms with Crippen LogP contribution in [0, 0.1) is 5.82 Å². The summed E-state index contributed by atoms with van der Waals surface area (Å²) >= 11 is 3.03. The summed E-state index contributed by atoms with van der Waals surface area (Å²) in [6, 6.07) is 3.00. The van der Waals surface area contributed by atoms with Crippen LogP contribution in [-0.4, -0.2) is 26.2 Å². The van der Waals surface area contributed by atoms with Crippen molar-refractivity contribution in [1.29, 1.82) is 0 Å². The molecule has 0 amide bonds. The summed E-state index contributed by atoms with van der Waals surface area (Å²) in [5.74, 6) is -0.841. The maximum Gasteiger partial charge on any atom is 0.243 e. The molecule has 0 aliphatic heterocycles. The maximum absolute atomic E-state index is 13.4. The third-order valence-electron chi connectivity index (χ3n) is 1.81. The molecule has 0 aliphatic carbocycles. The van der Waals surface area contributed by atoms with Gasteiger partial charge in [-0.3, -0.25) is 0 Å². The van der Waals surface area contributed by atoms with Gasteiger partial charge in [0, 0.05) is 10.5 Å². The fourth-order valence-corrected chi connectivity index (χ4v) is 2.69. The van der Waals surface area contributed by atoms with E-state index in [2.05, 4.69) is 20.7 Å². The summed E-state index contributed by atoms with van der Waals surface area (Å²) in [7, 11) is -3.92. The van der Waals surface area contributed by atoms with Crippen molar-refractivity contribution in [2.45, 2.75) is 17.9 Å². The third kappa shape index (κ3) is 3.24. The number of sulfonamides is 1.